The van der Waals surface area contributed by atoms with Crippen molar-refractivity contribution in [2.75, 3.05) is 49.2 Å². The average Bonchev–Trinajstić information content (AvgIpc) is 1.59. The van der Waals surface area contributed by atoms with Gasteiger partial charge in [-0.3, -0.25) is 32.8 Å². The summed E-state index contributed by atoms with van der Waals surface area (Å²) in [4.78, 5) is 76.0. The number of nitrogen functional groups attached to an aromatic ring is 1. The lowest BCUT2D eigenvalue weighted by molar-refractivity contribution is -0.745. The maximum Gasteiger partial charge on any atom is 0.481 e. The number of carbonyl (C=O) groups is 2. The molecule has 4 aliphatic heterocycles. The Labute approximate surface area is 523 Å². The number of alkyl carbamates (subject to hydrolysis) is 1. The van der Waals surface area contributed by atoms with E-state index in [2.05, 4.69) is 75.7 Å². The summed E-state index contributed by atoms with van der Waals surface area (Å²) in [5.41, 5.74) is 11.1. The molecule has 488 valence electrons. The SMILES string of the molecule is CCN1c2cc3c(cc2C(C)=CC1(C)C)C(=CC=CC=CC1=[N+](CCCS(=O)(=O)O)c2ccc(S(=O)(=O)O)cc2C1(C)CCCC(=O)NCCNC(=O)O[C@H]1[C@@H](O)[C@H]([n+]2cn(C)c4c(=O)[nH]c(N)nc42)O[C@@H]1COP(=O)(O)OP(=O)(O)O)C=C(c1ccccc1)O3. The lowest BCUT2D eigenvalue weighted by Gasteiger charge is -2.43. The molecule has 0 bridgehead atoms. The molecule has 0 saturated carbocycles. The first-order valence-electron chi connectivity index (χ1n) is 28.6. The highest BCUT2D eigenvalue weighted by molar-refractivity contribution is 7.86. The number of aryl methyl sites for hydroxylation is 1. The molecule has 6 atom stereocenters. The van der Waals surface area contributed by atoms with Crippen molar-refractivity contribution in [3.8, 4) is 5.75 Å². The second-order valence-electron chi connectivity index (χ2n) is 22.7. The number of nitrogens with two attached hydrogens (primary N) is 1. The van der Waals surface area contributed by atoms with E-state index in [1.54, 1.807) is 18.2 Å². The number of benzene rings is 3. The van der Waals surface area contributed by atoms with Crippen LogP contribution in [0.4, 0.5) is 22.1 Å². The van der Waals surface area contributed by atoms with E-state index < -0.39 is 101 Å². The van der Waals surface area contributed by atoms with E-state index in [9.17, 15) is 59.5 Å². The van der Waals surface area contributed by atoms with Crippen LogP contribution in [0.25, 0.3) is 28.1 Å². The minimum Gasteiger partial charge on any atom is -0.456 e. The zero-order valence-electron chi connectivity index (χ0n) is 50.2. The molecule has 2 amide bonds. The monoisotopic (exact) mass is 1340 g/mol. The van der Waals surface area contributed by atoms with Crippen LogP contribution in [-0.4, -0.2) is 145 Å². The van der Waals surface area contributed by atoms with Gasteiger partial charge in [0.05, 0.1) is 35.3 Å². The van der Waals surface area contributed by atoms with Gasteiger partial charge in [0.15, 0.2) is 24.2 Å². The molecular weight excluding hydrogens is 1270 g/mol. The molecule has 0 spiro atoms. The number of aromatic amines is 1. The zero-order valence-corrected chi connectivity index (χ0v) is 53.6. The number of phosphoric ester groups is 1. The van der Waals surface area contributed by atoms with Gasteiger partial charge < -0.3 is 55.3 Å². The number of allylic oxidation sites excluding steroid dienone is 8. The Morgan fingerprint density at radius 2 is 1.69 bits per heavy atom. The number of phosphoric acid groups is 2. The molecule has 91 heavy (non-hydrogen) atoms. The van der Waals surface area contributed by atoms with Crippen molar-refractivity contribution >= 4 is 99.0 Å². The Balaban J connectivity index is 0.910. The van der Waals surface area contributed by atoms with Gasteiger partial charge in [-0.15, -0.1) is 0 Å². The van der Waals surface area contributed by atoms with E-state index in [4.69, 9.17) is 34.3 Å². The number of H-pyrrole nitrogens is 1. The van der Waals surface area contributed by atoms with Gasteiger partial charge >= 0.3 is 27.4 Å². The topological polar surface area (TPSA) is 415 Å². The Kier molecular flexibility index (Phi) is 19.9. The summed E-state index contributed by atoms with van der Waals surface area (Å²) >= 11 is 0. The number of carbonyl (C=O) groups excluding carboxylic acids is 2. The molecule has 29 nitrogen and oxygen atoms in total. The molecule has 4 aliphatic rings. The van der Waals surface area contributed by atoms with E-state index in [0.29, 0.717) is 28.5 Å². The Morgan fingerprint density at radius 3 is 2.38 bits per heavy atom. The normalized spacial score (nSPS) is 21.8. The zero-order chi connectivity index (χ0) is 66.2. The predicted molar refractivity (Wildman–Crippen MR) is 333 cm³/mol. The molecule has 9 rings (SSSR count). The summed E-state index contributed by atoms with van der Waals surface area (Å²) in [6.07, 6.45) is 6.95. The fourth-order valence-electron chi connectivity index (χ4n) is 11.9. The third kappa shape index (κ3) is 15.5. The molecule has 11 N–H and O–H groups in total. The number of hydrogen-bond donors (Lipinski definition) is 10. The van der Waals surface area contributed by atoms with E-state index in [1.165, 1.54) is 36.1 Å². The molecule has 1 fully saturated rings. The first-order valence-corrected chi connectivity index (χ1v) is 34.7. The number of imidazole rings is 1. The molecule has 3 aromatic carbocycles. The standard InChI is InChI=1S/C58H69N9O20P2S2/c1-7-67-43-31-45-40(30-39(43)35(2)32-57(67,3)4)37(28-44(84-45)36-16-10-8-11-17-36)18-12-9-13-19-47-58(5,41-29-38(91(80,81)82)21-22-42(41)65(47)26-15-27-90(77,78)79)23-14-20-48(68)60-24-25-61-56(71)86-51-46(33-83-89(75,76)87-88(72,73)74)85-54(50(51)69)66-34-64(6)49-52(66)62-55(59)63-53(49)70/h8-13,16-19,21-22,28-32,34,46,50-51,54,69H,7,14-15,20,23-27,33H2,1-6H3,(H8-2,59,60,61,62,63,68,70,71,72,73,74,75,76,77,78,79,80,81,82)/p+2/t46-,50-,51-,54-,58?/m1/s1. The summed E-state index contributed by atoms with van der Waals surface area (Å²) < 4.78 is 124. The van der Waals surface area contributed by atoms with Gasteiger partial charge in [-0.05, 0) is 82.9 Å². The van der Waals surface area contributed by atoms with Crippen LogP contribution in [-0.2, 0) is 64.9 Å². The van der Waals surface area contributed by atoms with Crippen molar-refractivity contribution in [2.45, 2.75) is 101 Å². The van der Waals surface area contributed by atoms with Crippen LogP contribution in [0.2, 0.25) is 0 Å². The summed E-state index contributed by atoms with van der Waals surface area (Å²) in [6, 6.07) is 18.0. The lowest BCUT2D eigenvalue weighted by Crippen LogP contribution is -2.47. The molecule has 33 heteroatoms. The molecule has 6 heterocycles. The fraction of sp³-hybridized carbons (Fsp3) is 0.379. The highest BCUT2D eigenvalue weighted by Gasteiger charge is 2.52. The average molecular weight is 1340 g/mol. The second-order valence-corrected chi connectivity index (χ2v) is 28.6. The van der Waals surface area contributed by atoms with Gasteiger partial charge in [-0.1, -0.05) is 65.7 Å². The number of rotatable bonds is 24. The van der Waals surface area contributed by atoms with Crippen LogP contribution in [0.3, 0.4) is 0 Å². The number of aliphatic hydroxyl groups is 1. The van der Waals surface area contributed by atoms with Crippen molar-refractivity contribution in [3.05, 3.63) is 142 Å². The number of anilines is 2. The smallest absolute Gasteiger partial charge is 0.456 e. The fourth-order valence-corrected chi connectivity index (χ4v) is 14.5. The molecule has 5 aromatic rings. The van der Waals surface area contributed by atoms with Crippen LogP contribution in [0.1, 0.15) is 88.8 Å². The minimum atomic E-state index is -5.57. The Morgan fingerprint density at radius 1 is 0.967 bits per heavy atom. The number of ether oxygens (including phenoxy) is 3. The van der Waals surface area contributed by atoms with Gasteiger partial charge in [0, 0.05) is 78.6 Å². The Hall–Kier alpha value is -7.48. The summed E-state index contributed by atoms with van der Waals surface area (Å²) in [6.45, 7) is 9.71. The number of nitrogens with zero attached hydrogens (tertiary/aromatic N) is 5. The highest BCUT2D eigenvalue weighted by Crippen LogP contribution is 2.58. The van der Waals surface area contributed by atoms with Crippen LogP contribution in [0, 0.1) is 0 Å². The number of amides is 2. The number of hydrogen-bond acceptors (Lipinski definition) is 18. The number of fused-ring (bicyclic) bond motifs is 4. The predicted octanol–water partition coefficient (Wildman–Crippen LogP) is 5.23. The van der Waals surface area contributed by atoms with Gasteiger partial charge in [0.1, 0.15) is 24.2 Å². The second kappa shape index (κ2) is 26.6. The number of nitrogens with one attached hydrogen (secondary N) is 3. The van der Waals surface area contributed by atoms with Crippen molar-refractivity contribution in [1.82, 2.24) is 25.2 Å². The van der Waals surface area contributed by atoms with Gasteiger partial charge in [-0.25, -0.2) is 18.5 Å². The first kappa shape index (κ1) is 67.9. The molecule has 0 aliphatic carbocycles. The van der Waals surface area contributed by atoms with Crippen molar-refractivity contribution < 1.29 is 96.6 Å². The molecular formula is C58H71N9O20P2S2+2. The maximum atomic E-state index is 13.5. The summed E-state index contributed by atoms with van der Waals surface area (Å²) in [7, 11) is -18.7. The molecule has 2 aromatic heterocycles. The van der Waals surface area contributed by atoms with E-state index >= 15 is 0 Å². The molecule has 2 unspecified atom stereocenters. The Bertz CT molecular complexity index is 4290. The highest BCUT2D eigenvalue weighted by atomic mass is 32.2. The number of likely N-dealkylation sites (N-methyl/N-ethyl adjacent to an activating group) is 1. The van der Waals surface area contributed by atoms with Crippen molar-refractivity contribution in [2.24, 2.45) is 7.05 Å². The van der Waals surface area contributed by atoms with Gasteiger partial charge in [0.25, 0.3) is 31.7 Å². The molecule has 0 radical (unpaired) electrons. The largest absolute Gasteiger partial charge is 0.481 e. The van der Waals surface area contributed by atoms with Crippen molar-refractivity contribution in [1.29, 1.82) is 0 Å². The van der Waals surface area contributed by atoms with Gasteiger partial charge in [0.2, 0.25) is 23.3 Å². The number of aliphatic hydroxyl groups excluding tert-OH is 1. The van der Waals surface area contributed by atoms with Crippen LogP contribution in [0.5, 0.6) is 5.75 Å². The molecule has 1 saturated heterocycles. The van der Waals surface area contributed by atoms with Crippen LogP contribution in [0.15, 0.2) is 119 Å². The van der Waals surface area contributed by atoms with E-state index in [-0.39, 0.29) is 68.0 Å². The lowest BCUT2D eigenvalue weighted by atomic mass is 9.75. The van der Waals surface area contributed by atoms with Gasteiger partial charge in [-0.2, -0.15) is 25.7 Å². The maximum absolute atomic E-state index is 13.5. The quantitative estimate of drug-likeness (QED) is 0.0124. The van der Waals surface area contributed by atoms with Crippen LogP contribution < -0.4 is 36.1 Å². The third-order valence-electron chi connectivity index (χ3n) is 15.8. The van der Waals surface area contributed by atoms with E-state index in [1.807, 2.05) is 60.1 Å². The van der Waals surface area contributed by atoms with Crippen molar-refractivity contribution in [3.63, 3.8) is 0 Å². The number of aromatic nitrogens is 4. The van der Waals surface area contributed by atoms with Crippen LogP contribution >= 0.6 is 15.6 Å². The summed E-state index contributed by atoms with van der Waals surface area (Å²) in [5.74, 6) is -0.0456. The van der Waals surface area contributed by atoms with E-state index in [0.717, 1.165) is 44.6 Å². The summed E-state index contributed by atoms with van der Waals surface area (Å²) in [5, 5.41) is 16.6. The minimum absolute atomic E-state index is 0.0237. The first-order chi connectivity index (χ1) is 42.7. The third-order valence-corrected chi connectivity index (χ3v) is 19.6.